The quantitative estimate of drug-likeness (QED) is 0.942. The third kappa shape index (κ3) is 3.14. The Bertz CT molecular complexity index is 694. The predicted octanol–water partition coefficient (Wildman–Crippen LogP) is 3.30. The number of carbonyl (C=O) groups excluding carboxylic acids is 1. The summed E-state index contributed by atoms with van der Waals surface area (Å²) in [5, 5.41) is 3.27. The molecule has 2 aromatic carbocycles. The van der Waals surface area contributed by atoms with Crippen molar-refractivity contribution in [3.63, 3.8) is 0 Å². The summed E-state index contributed by atoms with van der Waals surface area (Å²) in [7, 11) is 0. The molecule has 0 saturated carbocycles. The maximum Gasteiger partial charge on any atom is 0.242 e. The van der Waals surface area contributed by atoms with Crippen LogP contribution < -0.4 is 5.32 Å². The Labute approximate surface area is 132 Å². The first kappa shape index (κ1) is 14.6. The third-order valence-electron chi connectivity index (χ3n) is 4.30. The van der Waals surface area contributed by atoms with Crippen LogP contribution in [-0.4, -0.2) is 23.9 Å². The van der Waals surface area contributed by atoms with Crippen molar-refractivity contribution < 1.29 is 4.79 Å². The molecule has 2 aromatic rings. The standard InChI is InChI=1S/C19H22N2O/c1-14-7-8-18(15(2)11-14)20-12-19(22)21-10-9-16-5-3-4-6-17(16)13-21/h3-8,11,20H,9-10,12-13H2,1-2H3. The minimum absolute atomic E-state index is 0.162. The van der Waals surface area contributed by atoms with Crippen molar-refractivity contribution in [3.05, 3.63) is 64.7 Å². The Balaban J connectivity index is 1.61. The molecule has 3 heteroatoms. The number of benzene rings is 2. The summed E-state index contributed by atoms with van der Waals surface area (Å²) >= 11 is 0. The number of nitrogens with one attached hydrogen (secondary N) is 1. The molecule has 1 N–H and O–H groups in total. The van der Waals surface area contributed by atoms with Crippen LogP contribution in [-0.2, 0) is 17.8 Å². The van der Waals surface area contributed by atoms with E-state index in [1.165, 1.54) is 22.3 Å². The van der Waals surface area contributed by atoms with Crippen molar-refractivity contribution >= 4 is 11.6 Å². The second-order valence-corrected chi connectivity index (χ2v) is 6.01. The van der Waals surface area contributed by atoms with Gasteiger partial charge in [-0.15, -0.1) is 0 Å². The highest BCUT2D eigenvalue weighted by molar-refractivity contribution is 5.81. The first-order valence-electron chi connectivity index (χ1n) is 7.79. The molecule has 1 heterocycles. The van der Waals surface area contributed by atoms with Gasteiger partial charge in [0.05, 0.1) is 6.54 Å². The van der Waals surface area contributed by atoms with Crippen molar-refractivity contribution in [2.24, 2.45) is 0 Å². The largest absolute Gasteiger partial charge is 0.376 e. The van der Waals surface area contributed by atoms with Crippen molar-refractivity contribution in [3.8, 4) is 0 Å². The van der Waals surface area contributed by atoms with Gasteiger partial charge in [0, 0.05) is 18.8 Å². The summed E-state index contributed by atoms with van der Waals surface area (Å²) in [5.74, 6) is 0.162. The smallest absolute Gasteiger partial charge is 0.242 e. The van der Waals surface area contributed by atoms with E-state index in [1.807, 2.05) is 17.0 Å². The van der Waals surface area contributed by atoms with Gasteiger partial charge in [-0.2, -0.15) is 0 Å². The molecule has 1 aliphatic heterocycles. The zero-order valence-electron chi connectivity index (χ0n) is 13.2. The molecule has 0 aromatic heterocycles. The molecule has 3 nitrogen and oxygen atoms in total. The Morgan fingerprint density at radius 3 is 2.68 bits per heavy atom. The molecule has 1 amide bonds. The summed E-state index contributed by atoms with van der Waals surface area (Å²) in [6.07, 6.45) is 0.950. The Hall–Kier alpha value is -2.29. The van der Waals surface area contributed by atoms with Crippen molar-refractivity contribution in [2.45, 2.75) is 26.8 Å². The van der Waals surface area contributed by atoms with E-state index < -0.39 is 0 Å². The fraction of sp³-hybridized carbons (Fsp3) is 0.316. The first-order chi connectivity index (χ1) is 10.6. The highest BCUT2D eigenvalue weighted by atomic mass is 16.2. The molecule has 0 spiro atoms. The van der Waals surface area contributed by atoms with Crippen molar-refractivity contribution in [1.82, 2.24) is 4.90 Å². The minimum Gasteiger partial charge on any atom is -0.376 e. The number of hydrogen-bond acceptors (Lipinski definition) is 2. The van der Waals surface area contributed by atoms with E-state index >= 15 is 0 Å². The van der Waals surface area contributed by atoms with Crippen LogP contribution in [0.25, 0.3) is 0 Å². The lowest BCUT2D eigenvalue weighted by molar-refractivity contribution is -0.130. The summed E-state index contributed by atoms with van der Waals surface area (Å²) in [6, 6.07) is 14.6. The number of aryl methyl sites for hydroxylation is 2. The van der Waals surface area contributed by atoms with E-state index in [-0.39, 0.29) is 5.91 Å². The van der Waals surface area contributed by atoms with Crippen LogP contribution >= 0.6 is 0 Å². The Kier molecular flexibility index (Phi) is 4.14. The number of nitrogens with zero attached hydrogens (tertiary/aromatic N) is 1. The number of carbonyl (C=O) groups is 1. The zero-order valence-corrected chi connectivity index (χ0v) is 13.2. The van der Waals surface area contributed by atoms with Gasteiger partial charge in [0.1, 0.15) is 0 Å². The third-order valence-corrected chi connectivity index (χ3v) is 4.30. The average Bonchev–Trinajstić information content (AvgIpc) is 2.53. The van der Waals surface area contributed by atoms with Crippen LogP contribution in [0.3, 0.4) is 0 Å². The van der Waals surface area contributed by atoms with Gasteiger partial charge in [-0.25, -0.2) is 0 Å². The van der Waals surface area contributed by atoms with E-state index in [1.54, 1.807) is 0 Å². The van der Waals surface area contributed by atoms with Crippen LogP contribution in [0, 0.1) is 13.8 Å². The highest BCUT2D eigenvalue weighted by Gasteiger charge is 2.19. The molecule has 114 valence electrons. The normalized spacial score (nSPS) is 13.6. The Morgan fingerprint density at radius 2 is 1.91 bits per heavy atom. The van der Waals surface area contributed by atoms with Crippen LogP contribution in [0.15, 0.2) is 42.5 Å². The summed E-state index contributed by atoms with van der Waals surface area (Å²) < 4.78 is 0. The summed E-state index contributed by atoms with van der Waals surface area (Å²) in [6.45, 7) is 6.03. The zero-order chi connectivity index (χ0) is 15.5. The van der Waals surface area contributed by atoms with Gasteiger partial charge < -0.3 is 10.2 Å². The topological polar surface area (TPSA) is 32.3 Å². The predicted molar refractivity (Wildman–Crippen MR) is 90.0 cm³/mol. The number of anilines is 1. The summed E-state index contributed by atoms with van der Waals surface area (Å²) in [4.78, 5) is 14.4. The molecule has 0 radical (unpaired) electrons. The van der Waals surface area contributed by atoms with Crippen LogP contribution in [0.4, 0.5) is 5.69 Å². The van der Waals surface area contributed by atoms with Gasteiger partial charge in [-0.1, -0.05) is 42.0 Å². The van der Waals surface area contributed by atoms with E-state index in [0.29, 0.717) is 6.54 Å². The first-order valence-corrected chi connectivity index (χ1v) is 7.79. The molecule has 0 atom stereocenters. The molecular formula is C19H22N2O. The van der Waals surface area contributed by atoms with Crippen LogP contribution in [0.2, 0.25) is 0 Å². The molecule has 0 bridgehead atoms. The maximum absolute atomic E-state index is 12.4. The molecule has 0 unspecified atom stereocenters. The molecule has 1 aliphatic rings. The molecule has 3 rings (SSSR count). The van der Waals surface area contributed by atoms with E-state index in [4.69, 9.17) is 0 Å². The highest BCUT2D eigenvalue weighted by Crippen LogP contribution is 2.19. The maximum atomic E-state index is 12.4. The average molecular weight is 294 g/mol. The minimum atomic E-state index is 0.162. The lowest BCUT2D eigenvalue weighted by Gasteiger charge is -2.29. The molecule has 22 heavy (non-hydrogen) atoms. The Morgan fingerprint density at radius 1 is 1.14 bits per heavy atom. The van der Waals surface area contributed by atoms with Gasteiger partial charge in [-0.3, -0.25) is 4.79 Å². The number of rotatable bonds is 3. The number of fused-ring (bicyclic) bond motifs is 1. The van der Waals surface area contributed by atoms with Gasteiger partial charge in [0.25, 0.3) is 0 Å². The molecule has 0 aliphatic carbocycles. The lowest BCUT2D eigenvalue weighted by atomic mass is 10.00. The second-order valence-electron chi connectivity index (χ2n) is 6.01. The van der Waals surface area contributed by atoms with E-state index in [9.17, 15) is 4.79 Å². The van der Waals surface area contributed by atoms with Gasteiger partial charge >= 0.3 is 0 Å². The van der Waals surface area contributed by atoms with E-state index in [2.05, 4.69) is 49.5 Å². The fourth-order valence-corrected chi connectivity index (χ4v) is 3.00. The molecule has 0 saturated heterocycles. The lowest BCUT2D eigenvalue weighted by Crippen LogP contribution is -2.39. The molecular weight excluding hydrogens is 272 g/mol. The van der Waals surface area contributed by atoms with Gasteiger partial charge in [0.15, 0.2) is 0 Å². The molecule has 0 fully saturated rings. The van der Waals surface area contributed by atoms with E-state index in [0.717, 1.165) is 25.2 Å². The van der Waals surface area contributed by atoms with Crippen molar-refractivity contribution in [1.29, 1.82) is 0 Å². The second kappa shape index (κ2) is 6.22. The van der Waals surface area contributed by atoms with Gasteiger partial charge in [0.2, 0.25) is 5.91 Å². The SMILES string of the molecule is Cc1ccc(NCC(=O)N2CCc3ccccc3C2)c(C)c1. The number of amides is 1. The van der Waals surface area contributed by atoms with Crippen LogP contribution in [0.1, 0.15) is 22.3 Å². The number of hydrogen-bond donors (Lipinski definition) is 1. The van der Waals surface area contributed by atoms with Gasteiger partial charge in [-0.05, 0) is 43.0 Å². The van der Waals surface area contributed by atoms with Crippen molar-refractivity contribution in [2.75, 3.05) is 18.4 Å². The summed E-state index contributed by atoms with van der Waals surface area (Å²) in [5.41, 5.74) is 6.10. The monoisotopic (exact) mass is 294 g/mol. The van der Waals surface area contributed by atoms with Crippen LogP contribution in [0.5, 0.6) is 0 Å². The fourth-order valence-electron chi connectivity index (χ4n) is 3.00.